The number of rotatable bonds is 5. The molecule has 2 aromatic rings. The quantitative estimate of drug-likeness (QED) is 0.831. The second-order valence-corrected chi connectivity index (χ2v) is 7.55. The van der Waals surface area contributed by atoms with E-state index in [-0.39, 0.29) is 17.7 Å². The molecule has 6 heteroatoms. The van der Waals surface area contributed by atoms with Crippen LogP contribution in [0.5, 0.6) is 11.5 Å². The summed E-state index contributed by atoms with van der Waals surface area (Å²) in [5.74, 6) is -0.0213. The lowest BCUT2D eigenvalue weighted by molar-refractivity contribution is -0.142. The highest BCUT2D eigenvalue weighted by atomic mass is 16.6. The number of aryl methyl sites for hydroxylation is 2. The Labute approximate surface area is 163 Å². The average Bonchev–Trinajstić information content (AvgIpc) is 3.45. The van der Waals surface area contributed by atoms with E-state index in [1.807, 2.05) is 38.1 Å². The van der Waals surface area contributed by atoms with Crippen molar-refractivity contribution in [3.05, 3.63) is 58.7 Å². The van der Waals surface area contributed by atoms with Crippen molar-refractivity contribution in [1.29, 1.82) is 0 Å². The molecule has 1 heterocycles. The summed E-state index contributed by atoms with van der Waals surface area (Å²) in [6.45, 7) is 4.88. The van der Waals surface area contributed by atoms with Crippen LogP contribution in [0.1, 0.15) is 40.6 Å². The summed E-state index contributed by atoms with van der Waals surface area (Å²) < 4.78 is 11.1. The molecule has 0 spiro atoms. The number of ether oxygens (including phenoxy) is 2. The zero-order chi connectivity index (χ0) is 19.8. The summed E-state index contributed by atoms with van der Waals surface area (Å²) in [4.78, 5) is 24.5. The topological polar surface area (TPSA) is 84.9 Å². The number of amides is 1. The summed E-state index contributed by atoms with van der Waals surface area (Å²) in [5, 5.41) is 12.3. The van der Waals surface area contributed by atoms with Gasteiger partial charge in [0, 0.05) is 5.92 Å². The van der Waals surface area contributed by atoms with Gasteiger partial charge in [-0.15, -0.1) is 0 Å². The Balaban J connectivity index is 1.47. The van der Waals surface area contributed by atoms with Gasteiger partial charge in [-0.3, -0.25) is 4.79 Å². The number of aliphatic carboxylic acids is 1. The van der Waals surface area contributed by atoms with Crippen molar-refractivity contribution in [2.24, 2.45) is 5.92 Å². The maximum absolute atomic E-state index is 12.7. The first-order chi connectivity index (χ1) is 13.4. The normalized spacial score (nSPS) is 20.9. The average molecular weight is 381 g/mol. The summed E-state index contributed by atoms with van der Waals surface area (Å²) in [7, 11) is 0. The molecule has 1 fully saturated rings. The highest BCUT2D eigenvalue weighted by molar-refractivity contribution is 5.88. The van der Waals surface area contributed by atoms with Crippen LogP contribution in [0.15, 0.2) is 36.4 Å². The van der Waals surface area contributed by atoms with E-state index in [2.05, 4.69) is 5.32 Å². The molecule has 1 saturated carbocycles. The zero-order valence-electron chi connectivity index (χ0n) is 15.9. The Hall–Kier alpha value is -3.02. The van der Waals surface area contributed by atoms with Crippen LogP contribution in [0.3, 0.4) is 0 Å². The highest BCUT2D eigenvalue weighted by Crippen LogP contribution is 2.49. The van der Waals surface area contributed by atoms with Gasteiger partial charge >= 0.3 is 5.97 Å². The molecule has 3 atom stereocenters. The van der Waals surface area contributed by atoms with E-state index < -0.39 is 12.0 Å². The van der Waals surface area contributed by atoms with E-state index in [4.69, 9.17) is 9.47 Å². The summed E-state index contributed by atoms with van der Waals surface area (Å²) in [6.07, 6.45) is 0.699. The predicted molar refractivity (Wildman–Crippen MR) is 103 cm³/mol. The molecule has 4 rings (SSSR count). The van der Waals surface area contributed by atoms with E-state index in [9.17, 15) is 14.7 Å². The van der Waals surface area contributed by atoms with Crippen molar-refractivity contribution < 1.29 is 24.2 Å². The van der Waals surface area contributed by atoms with E-state index >= 15 is 0 Å². The summed E-state index contributed by atoms with van der Waals surface area (Å²) in [5.41, 5.74) is 3.55. The first kappa shape index (κ1) is 18.3. The Kier molecular flexibility index (Phi) is 4.71. The number of hydrogen-bond acceptors (Lipinski definition) is 4. The highest BCUT2D eigenvalue weighted by Gasteiger charge is 2.45. The Morgan fingerprint density at radius 1 is 1.04 bits per heavy atom. The van der Waals surface area contributed by atoms with Crippen molar-refractivity contribution in [3.8, 4) is 11.5 Å². The Morgan fingerprint density at radius 3 is 2.39 bits per heavy atom. The van der Waals surface area contributed by atoms with Crippen LogP contribution in [0, 0.1) is 19.8 Å². The number of carbonyl (C=O) groups excluding carboxylic acids is 1. The number of carbonyl (C=O) groups is 2. The third-order valence-corrected chi connectivity index (χ3v) is 5.23. The van der Waals surface area contributed by atoms with Gasteiger partial charge in [-0.25, -0.2) is 4.79 Å². The van der Waals surface area contributed by atoms with Crippen molar-refractivity contribution >= 4 is 11.9 Å². The lowest BCUT2D eigenvalue weighted by Gasteiger charge is -2.19. The van der Waals surface area contributed by atoms with Crippen molar-refractivity contribution in [2.75, 3.05) is 13.2 Å². The standard InChI is InChI=1S/C22H23NO5/c1-12-7-13(2)9-15(8-12)20(22(25)26)23-21(24)17-11-16(17)14-3-4-18-19(10-14)28-6-5-27-18/h3-4,7-10,16-17,20H,5-6,11H2,1-2H3,(H,23,24)(H,25,26). The fourth-order valence-corrected chi connectivity index (χ4v) is 3.86. The van der Waals surface area contributed by atoms with Crippen LogP contribution in [0.2, 0.25) is 0 Å². The molecular formula is C22H23NO5. The summed E-state index contributed by atoms with van der Waals surface area (Å²) in [6, 6.07) is 10.3. The van der Waals surface area contributed by atoms with E-state index in [1.54, 1.807) is 12.1 Å². The van der Waals surface area contributed by atoms with Crippen LogP contribution in [0.25, 0.3) is 0 Å². The first-order valence-electron chi connectivity index (χ1n) is 9.43. The third-order valence-electron chi connectivity index (χ3n) is 5.23. The maximum Gasteiger partial charge on any atom is 0.330 e. The SMILES string of the molecule is Cc1cc(C)cc(C(NC(=O)C2CC2c2ccc3c(c2)OCCO3)C(=O)O)c1. The number of hydrogen-bond donors (Lipinski definition) is 2. The lowest BCUT2D eigenvalue weighted by atomic mass is 10.0. The van der Waals surface area contributed by atoms with Crippen LogP contribution >= 0.6 is 0 Å². The molecule has 0 saturated heterocycles. The van der Waals surface area contributed by atoms with Gasteiger partial charge in [-0.2, -0.15) is 0 Å². The second kappa shape index (κ2) is 7.19. The molecule has 28 heavy (non-hydrogen) atoms. The van der Waals surface area contributed by atoms with Crippen LogP contribution in [-0.2, 0) is 9.59 Å². The molecule has 146 valence electrons. The Morgan fingerprint density at radius 2 is 1.71 bits per heavy atom. The molecule has 2 N–H and O–H groups in total. The number of nitrogens with one attached hydrogen (secondary N) is 1. The van der Waals surface area contributed by atoms with Gasteiger partial charge in [-0.05, 0) is 49.4 Å². The van der Waals surface area contributed by atoms with Gasteiger partial charge < -0.3 is 19.9 Å². The molecular weight excluding hydrogens is 358 g/mol. The largest absolute Gasteiger partial charge is 0.486 e. The first-order valence-corrected chi connectivity index (χ1v) is 9.43. The predicted octanol–water partition coefficient (Wildman–Crippen LogP) is 3.12. The molecule has 6 nitrogen and oxygen atoms in total. The van der Waals surface area contributed by atoms with Crippen molar-refractivity contribution in [3.63, 3.8) is 0 Å². The van der Waals surface area contributed by atoms with Gasteiger partial charge in [-0.1, -0.05) is 35.4 Å². The van der Waals surface area contributed by atoms with Crippen LogP contribution in [-0.4, -0.2) is 30.2 Å². The smallest absolute Gasteiger partial charge is 0.330 e. The minimum absolute atomic E-state index is 0.0736. The monoisotopic (exact) mass is 381 g/mol. The van der Waals surface area contributed by atoms with E-state index in [0.29, 0.717) is 30.9 Å². The fourth-order valence-electron chi connectivity index (χ4n) is 3.86. The zero-order valence-corrected chi connectivity index (χ0v) is 15.9. The number of carboxylic acid groups (broad SMARTS) is 1. The maximum atomic E-state index is 12.7. The van der Waals surface area contributed by atoms with Crippen molar-refractivity contribution in [2.45, 2.75) is 32.2 Å². The second-order valence-electron chi connectivity index (χ2n) is 7.55. The van der Waals surface area contributed by atoms with Gasteiger partial charge in [0.25, 0.3) is 0 Å². The molecule has 1 aliphatic heterocycles. The van der Waals surface area contributed by atoms with Gasteiger partial charge in [0.15, 0.2) is 17.5 Å². The van der Waals surface area contributed by atoms with Crippen LogP contribution in [0.4, 0.5) is 0 Å². The van der Waals surface area contributed by atoms with Crippen molar-refractivity contribution in [1.82, 2.24) is 5.32 Å². The molecule has 3 unspecified atom stereocenters. The molecule has 2 aliphatic rings. The number of carboxylic acids is 1. The Bertz CT molecular complexity index is 918. The van der Waals surface area contributed by atoms with Gasteiger partial charge in [0.2, 0.25) is 5.91 Å². The molecule has 0 aromatic heterocycles. The fraction of sp³-hybridized carbons (Fsp3) is 0.364. The third kappa shape index (κ3) is 3.67. The van der Waals surface area contributed by atoms with Crippen LogP contribution < -0.4 is 14.8 Å². The lowest BCUT2D eigenvalue weighted by Crippen LogP contribution is -2.35. The van der Waals surface area contributed by atoms with E-state index in [0.717, 1.165) is 22.4 Å². The molecule has 1 amide bonds. The molecule has 0 bridgehead atoms. The van der Waals surface area contributed by atoms with Gasteiger partial charge in [0.1, 0.15) is 13.2 Å². The number of fused-ring (bicyclic) bond motifs is 1. The minimum Gasteiger partial charge on any atom is -0.486 e. The van der Waals surface area contributed by atoms with E-state index in [1.165, 1.54) is 0 Å². The number of benzene rings is 2. The van der Waals surface area contributed by atoms with Gasteiger partial charge in [0.05, 0.1) is 0 Å². The molecule has 1 aliphatic carbocycles. The minimum atomic E-state index is -1.06. The molecule has 0 radical (unpaired) electrons. The summed E-state index contributed by atoms with van der Waals surface area (Å²) >= 11 is 0. The molecule has 2 aromatic carbocycles.